The number of hydrogen-bond acceptors (Lipinski definition) is 3. The Balaban J connectivity index is 2.39. The van der Waals surface area contributed by atoms with Crippen molar-refractivity contribution in [2.75, 3.05) is 7.11 Å². The molecule has 1 aromatic heterocycles. The van der Waals surface area contributed by atoms with E-state index in [1.165, 1.54) is 7.11 Å². The molecule has 5 heteroatoms. The van der Waals surface area contributed by atoms with Crippen LogP contribution in [0.3, 0.4) is 0 Å². The topological polar surface area (TPSA) is 55.0 Å². The maximum absolute atomic E-state index is 11.3. The van der Waals surface area contributed by atoms with Gasteiger partial charge in [0.25, 0.3) is 0 Å². The monoisotopic (exact) mass is 200 g/mol. The highest BCUT2D eigenvalue weighted by Crippen LogP contribution is 2.41. The molecule has 1 aromatic rings. The molecule has 1 aliphatic carbocycles. The predicted molar refractivity (Wildman–Crippen MR) is 46.9 cm³/mol. The molecule has 1 fully saturated rings. The van der Waals surface area contributed by atoms with Crippen molar-refractivity contribution in [3.63, 3.8) is 0 Å². The van der Waals surface area contributed by atoms with Crippen molar-refractivity contribution < 1.29 is 9.53 Å². The smallest absolute Gasteiger partial charge is 0.342 e. The molecule has 0 unspecified atom stereocenters. The first-order valence-corrected chi connectivity index (χ1v) is 4.44. The van der Waals surface area contributed by atoms with Gasteiger partial charge in [-0.1, -0.05) is 11.6 Å². The molecule has 13 heavy (non-hydrogen) atoms. The minimum Gasteiger partial charge on any atom is -0.465 e. The average molecular weight is 201 g/mol. The van der Waals surface area contributed by atoms with Gasteiger partial charge in [-0.15, -0.1) is 0 Å². The number of rotatable bonds is 2. The maximum Gasteiger partial charge on any atom is 0.342 e. The van der Waals surface area contributed by atoms with Gasteiger partial charge >= 0.3 is 5.97 Å². The zero-order chi connectivity index (χ0) is 9.42. The van der Waals surface area contributed by atoms with Gasteiger partial charge in [-0.3, -0.25) is 5.10 Å². The van der Waals surface area contributed by atoms with Crippen LogP contribution >= 0.6 is 11.6 Å². The van der Waals surface area contributed by atoms with Crippen LogP contribution in [0.1, 0.15) is 34.8 Å². The van der Waals surface area contributed by atoms with E-state index >= 15 is 0 Å². The predicted octanol–water partition coefficient (Wildman–Crippen LogP) is 1.73. The van der Waals surface area contributed by atoms with Crippen LogP contribution in [0.4, 0.5) is 0 Å². The SMILES string of the molecule is COC(=O)c1c(Cl)n[nH]c1C1CC1. The minimum absolute atomic E-state index is 0.203. The molecule has 1 aliphatic rings. The second-order valence-electron chi connectivity index (χ2n) is 3.07. The van der Waals surface area contributed by atoms with Crippen molar-refractivity contribution in [2.24, 2.45) is 0 Å². The standard InChI is InChI=1S/C8H9ClN2O2/c1-13-8(12)5-6(4-2-3-4)10-11-7(5)9/h4H,2-3H2,1H3,(H,10,11). The number of methoxy groups -OCH3 is 1. The van der Waals surface area contributed by atoms with Crippen LogP contribution in [0, 0.1) is 0 Å². The zero-order valence-corrected chi connectivity index (χ0v) is 7.89. The number of H-pyrrole nitrogens is 1. The largest absolute Gasteiger partial charge is 0.465 e. The number of carbonyl (C=O) groups excluding carboxylic acids is 1. The van der Waals surface area contributed by atoms with Gasteiger partial charge < -0.3 is 4.74 Å². The van der Waals surface area contributed by atoms with E-state index in [1.54, 1.807) is 0 Å². The fourth-order valence-electron chi connectivity index (χ4n) is 1.30. The fourth-order valence-corrected chi connectivity index (χ4v) is 1.52. The summed E-state index contributed by atoms with van der Waals surface area (Å²) in [5.74, 6) is -0.00486. The highest BCUT2D eigenvalue weighted by molar-refractivity contribution is 6.32. The third-order valence-electron chi connectivity index (χ3n) is 2.13. The molecule has 4 nitrogen and oxygen atoms in total. The van der Waals surface area contributed by atoms with Gasteiger partial charge in [-0.2, -0.15) is 5.10 Å². The Bertz CT molecular complexity index is 344. The van der Waals surface area contributed by atoms with E-state index in [1.807, 2.05) is 0 Å². The number of ether oxygens (including phenoxy) is 1. The number of aromatic amines is 1. The van der Waals surface area contributed by atoms with Gasteiger partial charge in [-0.05, 0) is 12.8 Å². The number of carbonyl (C=O) groups is 1. The molecule has 0 spiro atoms. The van der Waals surface area contributed by atoms with Gasteiger partial charge in [0.1, 0.15) is 5.56 Å². The lowest BCUT2D eigenvalue weighted by atomic mass is 10.2. The Kier molecular flexibility index (Phi) is 2.00. The summed E-state index contributed by atoms with van der Waals surface area (Å²) >= 11 is 5.75. The fraction of sp³-hybridized carbons (Fsp3) is 0.500. The van der Waals surface area contributed by atoms with E-state index in [2.05, 4.69) is 14.9 Å². The molecule has 1 N–H and O–H groups in total. The quantitative estimate of drug-likeness (QED) is 0.740. The molecule has 0 amide bonds. The van der Waals surface area contributed by atoms with Gasteiger partial charge in [0.05, 0.1) is 12.8 Å². The summed E-state index contributed by atoms with van der Waals surface area (Å²) in [7, 11) is 1.34. The van der Waals surface area contributed by atoms with Gasteiger partial charge in [0.15, 0.2) is 5.15 Å². The van der Waals surface area contributed by atoms with Crippen LogP contribution in [0.25, 0.3) is 0 Å². The minimum atomic E-state index is -0.416. The third kappa shape index (κ3) is 1.42. The van der Waals surface area contributed by atoms with Crippen molar-refractivity contribution in [2.45, 2.75) is 18.8 Å². The van der Waals surface area contributed by atoms with E-state index < -0.39 is 5.97 Å². The summed E-state index contributed by atoms with van der Waals surface area (Å²) in [6.07, 6.45) is 2.17. The first kappa shape index (κ1) is 8.56. The Hall–Kier alpha value is -1.03. The molecule has 1 saturated carbocycles. The summed E-state index contributed by atoms with van der Waals surface area (Å²) in [5, 5.41) is 6.76. The molecular formula is C8H9ClN2O2. The van der Waals surface area contributed by atoms with Crippen molar-refractivity contribution in [3.05, 3.63) is 16.4 Å². The Morgan fingerprint density at radius 2 is 2.38 bits per heavy atom. The van der Waals surface area contributed by atoms with E-state index in [0.29, 0.717) is 11.5 Å². The molecule has 0 radical (unpaired) electrons. The number of nitrogens with zero attached hydrogens (tertiary/aromatic N) is 1. The van der Waals surface area contributed by atoms with Crippen LogP contribution in [0.2, 0.25) is 5.15 Å². The Morgan fingerprint density at radius 1 is 1.69 bits per heavy atom. The van der Waals surface area contributed by atoms with Gasteiger partial charge in [0.2, 0.25) is 0 Å². The van der Waals surface area contributed by atoms with Crippen molar-refractivity contribution in [3.8, 4) is 0 Å². The Morgan fingerprint density at radius 3 is 2.92 bits per heavy atom. The lowest BCUT2D eigenvalue weighted by molar-refractivity contribution is 0.0599. The van der Waals surface area contributed by atoms with Gasteiger partial charge in [0, 0.05) is 5.92 Å². The lowest BCUT2D eigenvalue weighted by Crippen LogP contribution is -2.03. The number of hydrogen-bond donors (Lipinski definition) is 1. The molecule has 0 saturated heterocycles. The van der Waals surface area contributed by atoms with E-state index in [9.17, 15) is 4.79 Å². The van der Waals surface area contributed by atoms with Gasteiger partial charge in [-0.25, -0.2) is 4.79 Å². The van der Waals surface area contributed by atoms with E-state index in [4.69, 9.17) is 11.6 Å². The number of halogens is 1. The zero-order valence-electron chi connectivity index (χ0n) is 7.13. The van der Waals surface area contributed by atoms with Crippen molar-refractivity contribution in [1.29, 1.82) is 0 Å². The van der Waals surface area contributed by atoms with Crippen molar-refractivity contribution >= 4 is 17.6 Å². The normalized spacial score (nSPS) is 15.8. The molecule has 0 aromatic carbocycles. The molecule has 1 heterocycles. The number of aromatic nitrogens is 2. The van der Waals surface area contributed by atoms with E-state index in [-0.39, 0.29) is 5.15 Å². The summed E-state index contributed by atoms with van der Waals surface area (Å²) in [6.45, 7) is 0. The van der Waals surface area contributed by atoms with Crippen LogP contribution < -0.4 is 0 Å². The second-order valence-corrected chi connectivity index (χ2v) is 3.43. The molecule has 70 valence electrons. The van der Waals surface area contributed by atoms with Crippen LogP contribution in [0.5, 0.6) is 0 Å². The molecule has 0 aliphatic heterocycles. The van der Waals surface area contributed by atoms with Crippen LogP contribution in [0.15, 0.2) is 0 Å². The molecule has 2 rings (SSSR count). The van der Waals surface area contributed by atoms with Crippen molar-refractivity contribution in [1.82, 2.24) is 10.2 Å². The molecule has 0 atom stereocenters. The highest BCUT2D eigenvalue weighted by atomic mass is 35.5. The Labute approximate surface area is 80.2 Å². The summed E-state index contributed by atoms with van der Waals surface area (Å²) in [5.41, 5.74) is 1.21. The average Bonchev–Trinajstić information content (AvgIpc) is 2.89. The van der Waals surface area contributed by atoms with Crippen LogP contribution in [-0.4, -0.2) is 23.3 Å². The lowest BCUT2D eigenvalue weighted by Gasteiger charge is -1.98. The van der Waals surface area contributed by atoms with E-state index in [0.717, 1.165) is 18.5 Å². The molecule has 0 bridgehead atoms. The van der Waals surface area contributed by atoms with Crippen LogP contribution in [-0.2, 0) is 4.74 Å². The summed E-state index contributed by atoms with van der Waals surface area (Å²) in [4.78, 5) is 11.3. The number of nitrogens with one attached hydrogen (secondary N) is 1. The third-order valence-corrected chi connectivity index (χ3v) is 2.40. The highest BCUT2D eigenvalue weighted by Gasteiger charge is 2.32. The number of esters is 1. The summed E-state index contributed by atoms with van der Waals surface area (Å²) in [6, 6.07) is 0. The second kappa shape index (κ2) is 3.03. The first-order valence-electron chi connectivity index (χ1n) is 4.06. The first-order chi connectivity index (χ1) is 6.24. The summed E-state index contributed by atoms with van der Waals surface area (Å²) < 4.78 is 4.61. The molecular weight excluding hydrogens is 192 g/mol. The maximum atomic E-state index is 11.3.